The number of carboxylic acids is 1. The molecule has 0 radical (unpaired) electrons. The zero-order chi connectivity index (χ0) is 14.5. The zero-order valence-electron chi connectivity index (χ0n) is 12.4. The van der Waals surface area contributed by atoms with Gasteiger partial charge in [-0.2, -0.15) is 0 Å². The number of aliphatic carboxylic acids is 1. The van der Waals surface area contributed by atoms with E-state index in [1.54, 1.807) is 6.92 Å². The van der Waals surface area contributed by atoms with Gasteiger partial charge in [-0.15, -0.1) is 0 Å². The Bertz CT molecular complexity index is 413. The summed E-state index contributed by atoms with van der Waals surface area (Å²) < 4.78 is 0. The molecule has 1 aromatic rings. The lowest BCUT2D eigenvalue weighted by atomic mass is 9.92. The summed E-state index contributed by atoms with van der Waals surface area (Å²) in [5, 5.41) is 12.8. The molecule has 0 heterocycles. The van der Waals surface area contributed by atoms with Crippen molar-refractivity contribution in [2.75, 3.05) is 0 Å². The van der Waals surface area contributed by atoms with Crippen LogP contribution < -0.4 is 5.32 Å². The molecule has 0 bridgehead atoms. The molecular formula is C16H25NO2. The number of rotatable bonds is 7. The van der Waals surface area contributed by atoms with E-state index in [4.69, 9.17) is 0 Å². The third-order valence-electron chi connectivity index (χ3n) is 3.60. The van der Waals surface area contributed by atoms with E-state index in [0.717, 1.165) is 18.4 Å². The molecule has 0 aliphatic rings. The van der Waals surface area contributed by atoms with Gasteiger partial charge in [0.2, 0.25) is 0 Å². The number of carboxylic acid groups (broad SMARTS) is 1. The molecule has 106 valence electrons. The van der Waals surface area contributed by atoms with Crippen LogP contribution in [0, 0.1) is 6.92 Å². The molecule has 2 atom stereocenters. The predicted molar refractivity (Wildman–Crippen MR) is 78.3 cm³/mol. The SMILES string of the molecule is CCCC(C)(NC(CC)c1ccc(C)cc1)C(=O)O. The van der Waals surface area contributed by atoms with Crippen LogP contribution in [0.5, 0.6) is 0 Å². The molecular weight excluding hydrogens is 238 g/mol. The highest BCUT2D eigenvalue weighted by molar-refractivity contribution is 5.78. The van der Waals surface area contributed by atoms with Crippen molar-refractivity contribution >= 4 is 5.97 Å². The lowest BCUT2D eigenvalue weighted by molar-refractivity contribution is -0.144. The molecule has 0 aromatic heterocycles. The Balaban J connectivity index is 2.91. The number of carbonyl (C=O) groups is 1. The fourth-order valence-electron chi connectivity index (χ4n) is 2.35. The molecule has 0 spiro atoms. The molecule has 0 fully saturated rings. The normalized spacial score (nSPS) is 15.8. The van der Waals surface area contributed by atoms with Gasteiger partial charge in [0.15, 0.2) is 0 Å². The summed E-state index contributed by atoms with van der Waals surface area (Å²) >= 11 is 0. The monoisotopic (exact) mass is 263 g/mol. The molecule has 3 nitrogen and oxygen atoms in total. The van der Waals surface area contributed by atoms with Crippen LogP contribution in [0.1, 0.15) is 57.2 Å². The fourth-order valence-corrected chi connectivity index (χ4v) is 2.35. The fraction of sp³-hybridized carbons (Fsp3) is 0.562. The number of hydrogen-bond acceptors (Lipinski definition) is 2. The summed E-state index contributed by atoms with van der Waals surface area (Å²) in [6, 6.07) is 8.36. The lowest BCUT2D eigenvalue weighted by Gasteiger charge is -2.31. The highest BCUT2D eigenvalue weighted by Crippen LogP contribution is 2.23. The molecule has 2 N–H and O–H groups in total. The molecule has 0 saturated heterocycles. The first-order valence-corrected chi connectivity index (χ1v) is 7.00. The van der Waals surface area contributed by atoms with Crippen molar-refractivity contribution in [1.82, 2.24) is 5.32 Å². The largest absolute Gasteiger partial charge is 0.480 e. The highest BCUT2D eigenvalue weighted by Gasteiger charge is 2.34. The van der Waals surface area contributed by atoms with E-state index >= 15 is 0 Å². The first kappa shape index (κ1) is 15.7. The van der Waals surface area contributed by atoms with Crippen LogP contribution >= 0.6 is 0 Å². The Morgan fingerprint density at radius 3 is 2.32 bits per heavy atom. The van der Waals surface area contributed by atoms with Gasteiger partial charge in [0.25, 0.3) is 0 Å². The van der Waals surface area contributed by atoms with Crippen molar-refractivity contribution in [1.29, 1.82) is 0 Å². The van der Waals surface area contributed by atoms with Crippen molar-refractivity contribution in [2.45, 2.75) is 58.5 Å². The molecule has 0 amide bonds. The van der Waals surface area contributed by atoms with E-state index in [-0.39, 0.29) is 6.04 Å². The van der Waals surface area contributed by atoms with Gasteiger partial charge >= 0.3 is 5.97 Å². The first-order valence-electron chi connectivity index (χ1n) is 7.00. The van der Waals surface area contributed by atoms with Crippen LogP contribution in [0.15, 0.2) is 24.3 Å². The minimum Gasteiger partial charge on any atom is -0.480 e. The molecule has 1 rings (SSSR count). The van der Waals surface area contributed by atoms with Crippen LogP contribution in [-0.4, -0.2) is 16.6 Å². The number of hydrogen-bond donors (Lipinski definition) is 2. The lowest BCUT2D eigenvalue weighted by Crippen LogP contribution is -2.50. The van der Waals surface area contributed by atoms with E-state index in [2.05, 4.69) is 43.4 Å². The van der Waals surface area contributed by atoms with Gasteiger partial charge in [-0.25, -0.2) is 0 Å². The second-order valence-corrected chi connectivity index (χ2v) is 5.40. The third-order valence-corrected chi connectivity index (χ3v) is 3.60. The quantitative estimate of drug-likeness (QED) is 0.789. The van der Waals surface area contributed by atoms with E-state index < -0.39 is 11.5 Å². The van der Waals surface area contributed by atoms with Crippen molar-refractivity contribution in [3.8, 4) is 0 Å². The van der Waals surface area contributed by atoms with Crippen molar-refractivity contribution in [3.05, 3.63) is 35.4 Å². The summed E-state index contributed by atoms with van der Waals surface area (Å²) in [6.07, 6.45) is 2.35. The average Bonchev–Trinajstić information content (AvgIpc) is 2.37. The zero-order valence-corrected chi connectivity index (χ0v) is 12.4. The third kappa shape index (κ3) is 4.06. The molecule has 0 aliphatic carbocycles. The number of benzene rings is 1. The summed E-state index contributed by atoms with van der Waals surface area (Å²) in [5.41, 5.74) is 1.50. The second-order valence-electron chi connectivity index (χ2n) is 5.40. The van der Waals surface area contributed by atoms with E-state index in [9.17, 15) is 9.90 Å². The maximum absolute atomic E-state index is 11.5. The molecule has 0 aliphatic heterocycles. The van der Waals surface area contributed by atoms with Crippen LogP contribution in [0.2, 0.25) is 0 Å². The summed E-state index contributed by atoms with van der Waals surface area (Å²) in [4.78, 5) is 11.5. The topological polar surface area (TPSA) is 49.3 Å². The van der Waals surface area contributed by atoms with Crippen LogP contribution in [0.4, 0.5) is 0 Å². The summed E-state index contributed by atoms with van der Waals surface area (Å²) in [7, 11) is 0. The highest BCUT2D eigenvalue weighted by atomic mass is 16.4. The first-order chi connectivity index (χ1) is 8.92. The Morgan fingerprint density at radius 2 is 1.89 bits per heavy atom. The molecule has 0 saturated carbocycles. The van der Waals surface area contributed by atoms with Gasteiger partial charge in [-0.1, -0.05) is 50.1 Å². The van der Waals surface area contributed by atoms with Crippen LogP contribution in [-0.2, 0) is 4.79 Å². The summed E-state index contributed by atoms with van der Waals surface area (Å²) in [6.45, 7) is 7.91. The molecule has 2 unspecified atom stereocenters. The minimum absolute atomic E-state index is 0.0771. The van der Waals surface area contributed by atoms with Crippen molar-refractivity contribution in [2.24, 2.45) is 0 Å². The Morgan fingerprint density at radius 1 is 1.32 bits per heavy atom. The maximum Gasteiger partial charge on any atom is 0.323 e. The predicted octanol–water partition coefficient (Wildman–Crippen LogP) is 3.68. The average molecular weight is 263 g/mol. The molecule has 3 heteroatoms. The van der Waals surface area contributed by atoms with Gasteiger partial charge in [0.1, 0.15) is 5.54 Å². The van der Waals surface area contributed by atoms with Crippen molar-refractivity contribution in [3.63, 3.8) is 0 Å². The van der Waals surface area contributed by atoms with Crippen molar-refractivity contribution < 1.29 is 9.90 Å². The molecule has 1 aromatic carbocycles. The van der Waals surface area contributed by atoms with E-state index in [0.29, 0.717) is 6.42 Å². The van der Waals surface area contributed by atoms with Gasteiger partial charge in [0, 0.05) is 6.04 Å². The van der Waals surface area contributed by atoms with Crippen LogP contribution in [0.3, 0.4) is 0 Å². The van der Waals surface area contributed by atoms with E-state index in [1.807, 2.05) is 6.92 Å². The van der Waals surface area contributed by atoms with Gasteiger partial charge in [-0.05, 0) is 32.3 Å². The summed E-state index contributed by atoms with van der Waals surface area (Å²) in [5.74, 6) is -0.778. The van der Waals surface area contributed by atoms with Crippen LogP contribution in [0.25, 0.3) is 0 Å². The number of aryl methyl sites for hydroxylation is 1. The minimum atomic E-state index is -0.861. The second kappa shape index (κ2) is 6.71. The smallest absolute Gasteiger partial charge is 0.323 e. The van der Waals surface area contributed by atoms with Gasteiger partial charge < -0.3 is 5.11 Å². The Hall–Kier alpha value is -1.35. The standard InChI is InChI=1S/C16H25NO2/c1-5-11-16(4,15(18)19)17-14(6-2)13-9-7-12(3)8-10-13/h7-10,14,17H,5-6,11H2,1-4H3,(H,18,19). The van der Waals surface area contributed by atoms with Gasteiger partial charge in [-0.3, -0.25) is 10.1 Å². The molecule has 19 heavy (non-hydrogen) atoms. The van der Waals surface area contributed by atoms with Gasteiger partial charge in [0.05, 0.1) is 0 Å². The Kier molecular flexibility index (Phi) is 5.55. The maximum atomic E-state index is 11.5. The van der Waals surface area contributed by atoms with E-state index in [1.165, 1.54) is 5.56 Å². The Labute approximate surface area is 116 Å². The number of nitrogens with one attached hydrogen (secondary N) is 1.